The van der Waals surface area contributed by atoms with Crippen LogP contribution in [0, 0.1) is 11.6 Å². The summed E-state index contributed by atoms with van der Waals surface area (Å²) in [4.78, 5) is 17.6. The van der Waals surface area contributed by atoms with Crippen LogP contribution in [0.25, 0.3) is 22.0 Å². The van der Waals surface area contributed by atoms with Gasteiger partial charge in [-0.25, -0.2) is 8.78 Å². The number of aliphatic hydroxyl groups is 1. The summed E-state index contributed by atoms with van der Waals surface area (Å²) in [6.45, 7) is -0.559. The lowest BCUT2D eigenvalue weighted by Gasteiger charge is -2.31. The molecule has 1 atom stereocenters. The predicted octanol–water partition coefficient (Wildman–Crippen LogP) is 3.75. The molecule has 6 nitrogen and oxygen atoms in total. The Morgan fingerprint density at radius 2 is 1.91 bits per heavy atom. The zero-order valence-corrected chi connectivity index (χ0v) is 19.9. The molecule has 2 aromatic carbocycles. The third kappa shape index (κ3) is 3.90. The van der Waals surface area contributed by atoms with Gasteiger partial charge in [-0.05, 0) is 59.4 Å². The highest BCUT2D eigenvalue weighted by molar-refractivity contribution is 7.98. The molecule has 0 fully saturated rings. The van der Waals surface area contributed by atoms with Gasteiger partial charge in [0.05, 0.1) is 23.3 Å². The molecule has 1 aliphatic rings. The number of thioether (sulfide) groups is 1. The quantitative estimate of drug-likeness (QED) is 0.417. The highest BCUT2D eigenvalue weighted by Gasteiger charge is 2.46. The Labute approximate surface area is 206 Å². The molecule has 0 saturated carbocycles. The highest BCUT2D eigenvalue weighted by Crippen LogP contribution is 2.37. The Balaban J connectivity index is 1.52. The number of aromatic nitrogens is 3. The van der Waals surface area contributed by atoms with Gasteiger partial charge in [0, 0.05) is 30.4 Å². The van der Waals surface area contributed by atoms with Crippen molar-refractivity contribution in [3.05, 3.63) is 82.8 Å². The molecule has 0 bridgehead atoms. The lowest BCUT2D eigenvalue weighted by Crippen LogP contribution is -2.44. The normalized spacial score (nSPS) is 17.4. The lowest BCUT2D eigenvalue weighted by molar-refractivity contribution is -0.0231. The van der Waals surface area contributed by atoms with Crippen LogP contribution >= 0.6 is 11.8 Å². The first-order valence-corrected chi connectivity index (χ1v) is 12.3. The minimum absolute atomic E-state index is 0.0528. The second-order valence-corrected chi connectivity index (χ2v) is 9.50. The number of aryl methyl sites for hydroxylation is 2. The Kier molecular flexibility index (Phi) is 5.89. The zero-order chi connectivity index (χ0) is 24.9. The van der Waals surface area contributed by atoms with E-state index >= 15 is 8.78 Å². The number of carbonyl (C=O) groups is 1. The summed E-state index contributed by atoms with van der Waals surface area (Å²) in [5.41, 5.74) is 0.244. The molecule has 2 aromatic heterocycles. The second-order valence-electron chi connectivity index (χ2n) is 8.52. The summed E-state index contributed by atoms with van der Waals surface area (Å²) in [5.74, 6) is -1.42. The maximum absolute atomic E-state index is 15.3. The molecule has 5 rings (SSSR count). The summed E-state index contributed by atoms with van der Waals surface area (Å²) in [6.07, 6.45) is 6.08. The maximum atomic E-state index is 15.3. The third-order valence-electron chi connectivity index (χ3n) is 6.26. The van der Waals surface area contributed by atoms with Crippen LogP contribution in [0.5, 0.6) is 0 Å². The van der Waals surface area contributed by atoms with Crippen molar-refractivity contribution >= 4 is 36.4 Å². The van der Waals surface area contributed by atoms with Crippen molar-refractivity contribution in [3.63, 3.8) is 0 Å². The molecule has 4 aromatic rings. The van der Waals surface area contributed by atoms with Crippen LogP contribution in [0.2, 0.25) is 0 Å². The number of fused-ring (bicyclic) bond motifs is 2. The molecule has 0 spiro atoms. The van der Waals surface area contributed by atoms with Crippen LogP contribution in [0.15, 0.2) is 48.8 Å². The van der Waals surface area contributed by atoms with E-state index in [2.05, 4.69) is 10.1 Å². The van der Waals surface area contributed by atoms with Crippen LogP contribution in [0.3, 0.4) is 0 Å². The van der Waals surface area contributed by atoms with E-state index in [1.165, 1.54) is 30.5 Å². The standard InChI is InChI=1S/C25H21BF2N4O2S/c1-31-12-18-16(6-5-14(7-9-35-2)22(18)30-31)15-10-20(27)19(21(28)11-15)13-32-24(33)17-4-3-8-29-23(17)25(32,26)34/h3-6,8,10-12,34H,7,9,13H2,1-2H3. The van der Waals surface area contributed by atoms with Crippen LogP contribution in [0.1, 0.15) is 27.2 Å². The van der Waals surface area contributed by atoms with E-state index in [9.17, 15) is 9.90 Å². The number of hydrogen-bond donors (Lipinski definition) is 1. The van der Waals surface area contributed by atoms with E-state index < -0.39 is 29.7 Å². The molecule has 35 heavy (non-hydrogen) atoms. The van der Waals surface area contributed by atoms with Gasteiger partial charge in [-0.2, -0.15) is 16.9 Å². The first-order chi connectivity index (χ1) is 16.7. The fraction of sp³-hybridized carbons (Fsp3) is 0.240. The number of pyridine rings is 1. The van der Waals surface area contributed by atoms with Gasteiger partial charge in [0.25, 0.3) is 5.91 Å². The molecule has 0 saturated heterocycles. The van der Waals surface area contributed by atoms with Gasteiger partial charge in [0.15, 0.2) is 7.85 Å². The van der Waals surface area contributed by atoms with E-state index in [1.54, 1.807) is 23.5 Å². The monoisotopic (exact) mass is 490 g/mol. The predicted molar refractivity (Wildman–Crippen MR) is 132 cm³/mol. The molecule has 1 unspecified atom stereocenters. The maximum Gasteiger partial charge on any atom is 0.258 e. The fourth-order valence-electron chi connectivity index (χ4n) is 4.50. The molecule has 176 valence electrons. The molecule has 1 aliphatic heterocycles. The molecule has 10 heteroatoms. The van der Waals surface area contributed by atoms with Crippen molar-refractivity contribution in [1.82, 2.24) is 19.7 Å². The molecule has 2 radical (unpaired) electrons. The van der Waals surface area contributed by atoms with Gasteiger partial charge in [-0.15, -0.1) is 0 Å². The molecule has 0 aliphatic carbocycles. The number of nitrogens with zero attached hydrogens (tertiary/aromatic N) is 4. The van der Waals surface area contributed by atoms with Crippen molar-refractivity contribution < 1.29 is 18.7 Å². The Bertz CT molecular complexity index is 1450. The molecular formula is C25H21BF2N4O2S. The molecule has 1 N–H and O–H groups in total. The van der Waals surface area contributed by atoms with E-state index in [4.69, 9.17) is 7.85 Å². The number of rotatable bonds is 6. The van der Waals surface area contributed by atoms with Crippen molar-refractivity contribution in [2.75, 3.05) is 12.0 Å². The SMILES string of the molecule is [B]C1(O)c2ncccc2C(=O)N1Cc1c(F)cc(-c2ccc(CCSC)c3nn(C)cc23)cc1F. The van der Waals surface area contributed by atoms with E-state index in [1.807, 2.05) is 24.6 Å². The Morgan fingerprint density at radius 3 is 2.60 bits per heavy atom. The van der Waals surface area contributed by atoms with Crippen LogP contribution in [-0.2, 0) is 25.6 Å². The largest absolute Gasteiger partial charge is 0.374 e. The minimum atomic E-state index is -2.28. The molecule has 1 amide bonds. The fourth-order valence-corrected chi connectivity index (χ4v) is 4.92. The van der Waals surface area contributed by atoms with Crippen molar-refractivity contribution in [2.45, 2.75) is 18.6 Å². The zero-order valence-electron chi connectivity index (χ0n) is 19.1. The van der Waals surface area contributed by atoms with Crippen molar-refractivity contribution in [1.29, 1.82) is 0 Å². The van der Waals surface area contributed by atoms with E-state index in [0.717, 1.165) is 33.5 Å². The topological polar surface area (TPSA) is 71.2 Å². The molecule has 3 heterocycles. The molecular weight excluding hydrogens is 469 g/mol. The summed E-state index contributed by atoms with van der Waals surface area (Å²) >= 11 is 1.73. The van der Waals surface area contributed by atoms with Gasteiger partial charge in [0.1, 0.15) is 17.3 Å². The average molecular weight is 490 g/mol. The van der Waals surface area contributed by atoms with Gasteiger partial charge < -0.3 is 10.0 Å². The van der Waals surface area contributed by atoms with Crippen molar-refractivity contribution in [3.8, 4) is 11.1 Å². The third-order valence-corrected chi connectivity index (χ3v) is 6.87. The summed E-state index contributed by atoms with van der Waals surface area (Å²) in [6, 6.07) is 9.22. The summed E-state index contributed by atoms with van der Waals surface area (Å²) < 4.78 is 32.2. The second kappa shape index (κ2) is 8.76. The van der Waals surface area contributed by atoms with Gasteiger partial charge >= 0.3 is 0 Å². The lowest BCUT2D eigenvalue weighted by atomic mass is 9.87. The minimum Gasteiger partial charge on any atom is -0.374 e. The van der Waals surface area contributed by atoms with Gasteiger partial charge in [-0.3, -0.25) is 14.5 Å². The van der Waals surface area contributed by atoms with Gasteiger partial charge in [0.2, 0.25) is 0 Å². The number of hydrogen-bond acceptors (Lipinski definition) is 5. The summed E-state index contributed by atoms with van der Waals surface area (Å²) in [7, 11) is 7.75. The summed E-state index contributed by atoms with van der Waals surface area (Å²) in [5, 5.41) is 16.1. The smallest absolute Gasteiger partial charge is 0.258 e. The van der Waals surface area contributed by atoms with Crippen LogP contribution < -0.4 is 0 Å². The van der Waals surface area contributed by atoms with E-state index in [0.29, 0.717) is 11.1 Å². The Morgan fingerprint density at radius 1 is 1.17 bits per heavy atom. The van der Waals surface area contributed by atoms with E-state index in [-0.39, 0.29) is 16.8 Å². The number of carbonyl (C=O) groups excluding carboxylic acids is 1. The van der Waals surface area contributed by atoms with Crippen LogP contribution in [-0.4, -0.2) is 50.5 Å². The van der Waals surface area contributed by atoms with Gasteiger partial charge in [-0.1, -0.05) is 12.1 Å². The van der Waals surface area contributed by atoms with Crippen molar-refractivity contribution in [2.24, 2.45) is 7.05 Å². The average Bonchev–Trinajstić information content (AvgIpc) is 3.30. The first kappa shape index (κ1) is 23.5. The highest BCUT2D eigenvalue weighted by atomic mass is 32.2. The first-order valence-electron chi connectivity index (χ1n) is 10.9. The Hall–Kier alpha value is -3.24. The van der Waals surface area contributed by atoms with Crippen LogP contribution in [0.4, 0.5) is 8.78 Å². The number of benzene rings is 2. The number of halogens is 2. The number of amides is 1.